The van der Waals surface area contributed by atoms with Crippen LogP contribution in [0.5, 0.6) is 0 Å². The molecule has 0 atom stereocenters. The second-order valence-electron chi connectivity index (χ2n) is 17.5. The van der Waals surface area contributed by atoms with Gasteiger partial charge >= 0.3 is 5.97 Å². The summed E-state index contributed by atoms with van der Waals surface area (Å²) in [6, 6.07) is 30.7. The van der Waals surface area contributed by atoms with Crippen LogP contribution in [-0.4, -0.2) is 87.5 Å². The van der Waals surface area contributed by atoms with Crippen molar-refractivity contribution >= 4 is 83.6 Å². The van der Waals surface area contributed by atoms with Gasteiger partial charge in [-0.3, -0.25) is 19.1 Å². The van der Waals surface area contributed by atoms with Crippen molar-refractivity contribution < 1.29 is 45.9 Å². The predicted molar refractivity (Wildman–Crippen MR) is 274 cm³/mol. The highest BCUT2D eigenvalue weighted by Crippen LogP contribution is 2.42. The number of benzene rings is 6. The van der Waals surface area contributed by atoms with E-state index in [1.807, 2.05) is 80.1 Å². The van der Waals surface area contributed by atoms with E-state index in [4.69, 9.17) is 4.42 Å². The third-order valence-corrected chi connectivity index (χ3v) is 13.7. The number of carbonyl (C=O) groups excluding carboxylic acids is 3. The number of sulfonamides is 1. The number of aromatic carboxylic acids is 1. The van der Waals surface area contributed by atoms with Gasteiger partial charge in [-0.25, -0.2) is 31.6 Å². The van der Waals surface area contributed by atoms with E-state index in [9.17, 15) is 32.7 Å². The monoisotopic (exact) mass is 990 g/mol. The van der Waals surface area contributed by atoms with Gasteiger partial charge in [0, 0.05) is 93.3 Å². The number of rotatable bonds is 14. The van der Waals surface area contributed by atoms with Crippen LogP contribution < -0.4 is 30.2 Å². The summed E-state index contributed by atoms with van der Waals surface area (Å²) in [6.45, 7) is 1.22. The molecule has 2 aliphatic rings. The average Bonchev–Trinajstić information content (AvgIpc) is 3.72. The fourth-order valence-corrected chi connectivity index (χ4v) is 9.68. The molecule has 7 aromatic rings. The van der Waals surface area contributed by atoms with Crippen molar-refractivity contribution in [2.24, 2.45) is 0 Å². The lowest BCUT2D eigenvalue weighted by Gasteiger charge is -2.19. The topological polar surface area (TPSA) is 207 Å². The molecule has 0 bridgehead atoms. The standard InChI is InChI=1S/C54H45F2N7O8S/c1-6-21-72(69,70)61-44-20-18-42(55)49(50(44)56)51(65)30-10-19-43-39(22-30)40-24-32(27-57-52(40)60-43)29-7-11-33(12-8-29)59-47(64)28-58-53(66)31-9-15-36(41(23-31)54(67)68)48-37-16-13-34(62(2)3)25-45(37)71-46-26-35(63(4)5)14-17-38(46)48/h7-20,22-27,58,61H,6,21,28H2,1-5H3,(H2,66,67,68)/p+1. The van der Waals surface area contributed by atoms with Crippen LogP contribution >= 0.6 is 0 Å². The molecule has 5 aromatic carbocycles. The molecular weight excluding hydrogens is 945 g/mol. The number of nitrogens with one attached hydrogen (secondary N) is 4. The molecule has 0 saturated carbocycles. The number of aromatic nitrogens is 2. The van der Waals surface area contributed by atoms with E-state index >= 15 is 8.78 Å². The number of carboxylic acid groups (broad SMARTS) is 1. The number of amides is 2. The second kappa shape index (κ2) is 19.2. The second-order valence-corrected chi connectivity index (χ2v) is 19.4. The minimum atomic E-state index is -3.93. The van der Waals surface area contributed by atoms with E-state index in [1.165, 1.54) is 24.3 Å². The maximum absolute atomic E-state index is 15.6. The summed E-state index contributed by atoms with van der Waals surface area (Å²) in [5, 5.41) is 18.6. The molecule has 72 heavy (non-hydrogen) atoms. The fourth-order valence-electron chi connectivity index (χ4n) is 8.55. The van der Waals surface area contributed by atoms with E-state index in [2.05, 4.69) is 25.3 Å². The molecule has 15 nitrogen and oxygen atoms in total. The van der Waals surface area contributed by atoms with Crippen molar-refractivity contribution in [1.29, 1.82) is 0 Å². The molecule has 2 aromatic heterocycles. The van der Waals surface area contributed by atoms with Gasteiger partial charge in [-0.1, -0.05) is 25.1 Å². The van der Waals surface area contributed by atoms with Gasteiger partial charge < -0.3 is 30.0 Å². The molecule has 0 spiro atoms. The first-order chi connectivity index (χ1) is 34.4. The third-order valence-electron chi connectivity index (χ3n) is 12.2. The Morgan fingerprint density at radius 2 is 1.56 bits per heavy atom. The summed E-state index contributed by atoms with van der Waals surface area (Å²) in [7, 11) is 3.72. The Morgan fingerprint density at radius 3 is 2.28 bits per heavy atom. The van der Waals surface area contributed by atoms with Crippen LogP contribution in [0.2, 0.25) is 0 Å². The molecule has 0 radical (unpaired) electrons. The summed E-state index contributed by atoms with van der Waals surface area (Å²) in [6.07, 6.45) is 1.89. The van der Waals surface area contributed by atoms with Gasteiger partial charge in [0.1, 0.15) is 36.9 Å². The number of halogens is 2. The minimum absolute atomic E-state index is 0.0405. The van der Waals surface area contributed by atoms with Gasteiger partial charge in [0.15, 0.2) is 11.6 Å². The lowest BCUT2D eigenvalue weighted by atomic mass is 9.89. The Bertz CT molecular complexity index is 3860. The van der Waals surface area contributed by atoms with Gasteiger partial charge in [-0.05, 0) is 96.4 Å². The molecule has 9 rings (SSSR count). The van der Waals surface area contributed by atoms with Crippen molar-refractivity contribution in [2.45, 2.75) is 13.3 Å². The van der Waals surface area contributed by atoms with E-state index in [-0.39, 0.29) is 28.9 Å². The number of hydrogen-bond acceptors (Lipinski definition) is 9. The predicted octanol–water partition coefficient (Wildman–Crippen LogP) is 8.73. The first-order valence-corrected chi connectivity index (χ1v) is 24.2. The molecule has 18 heteroatoms. The average molecular weight is 991 g/mol. The molecule has 0 fully saturated rings. The van der Waals surface area contributed by atoms with Crippen LogP contribution in [0, 0.1) is 11.6 Å². The van der Waals surface area contributed by atoms with Gasteiger partial charge in [0.2, 0.25) is 21.3 Å². The number of fused-ring (bicyclic) bond motifs is 5. The smallest absolute Gasteiger partial charge is 0.336 e. The van der Waals surface area contributed by atoms with Crippen molar-refractivity contribution in [3.63, 3.8) is 0 Å². The minimum Gasteiger partial charge on any atom is -0.478 e. The van der Waals surface area contributed by atoms with Crippen LogP contribution in [0.25, 0.3) is 66.5 Å². The lowest BCUT2D eigenvalue weighted by molar-refractivity contribution is -0.115. The molecule has 0 unspecified atom stereocenters. The lowest BCUT2D eigenvalue weighted by Crippen LogP contribution is -2.33. The van der Waals surface area contributed by atoms with Crippen LogP contribution in [0.1, 0.15) is 50.0 Å². The Kier molecular flexibility index (Phi) is 12.9. The summed E-state index contributed by atoms with van der Waals surface area (Å²) in [5.74, 6) is -5.64. The Morgan fingerprint density at radius 1 is 0.806 bits per heavy atom. The number of H-pyrrole nitrogens is 1. The van der Waals surface area contributed by atoms with E-state index in [0.717, 1.165) is 23.2 Å². The molecule has 1 aliphatic carbocycles. The summed E-state index contributed by atoms with van der Waals surface area (Å²) in [4.78, 5) is 62.7. The number of pyridine rings is 1. The summed E-state index contributed by atoms with van der Waals surface area (Å²) < 4.78 is 65.7. The highest BCUT2D eigenvalue weighted by Gasteiger charge is 2.26. The maximum atomic E-state index is 15.6. The number of carboxylic acids is 1. The van der Waals surface area contributed by atoms with Crippen LogP contribution in [0.15, 0.2) is 126 Å². The highest BCUT2D eigenvalue weighted by molar-refractivity contribution is 7.92. The van der Waals surface area contributed by atoms with Crippen molar-refractivity contribution in [2.75, 3.05) is 55.4 Å². The fraction of sp³-hybridized carbons (Fsp3) is 0.148. The zero-order valence-corrected chi connectivity index (χ0v) is 40.3. The number of anilines is 3. The first-order valence-electron chi connectivity index (χ1n) is 22.6. The van der Waals surface area contributed by atoms with Gasteiger partial charge in [-0.2, -0.15) is 0 Å². The molecule has 3 heterocycles. The zero-order valence-electron chi connectivity index (χ0n) is 39.5. The summed E-state index contributed by atoms with van der Waals surface area (Å²) >= 11 is 0. The van der Waals surface area contributed by atoms with Crippen molar-refractivity contribution in [3.05, 3.63) is 161 Å². The van der Waals surface area contributed by atoms with Crippen molar-refractivity contribution in [1.82, 2.24) is 19.9 Å². The van der Waals surface area contributed by atoms with Crippen LogP contribution in [0.4, 0.5) is 25.8 Å². The SMILES string of the molecule is CCCS(=O)(=O)Nc1ccc(F)c(C(=O)c2ccc3[nH]c4ncc(-c5ccc(NC(=O)CNC(=O)c6ccc(-c7c8ccc(=[N+](C)C)cc-8oc8cc(N(C)C)ccc78)c(C(=O)O)c6)cc5)cc4c3c2)c1F. The van der Waals surface area contributed by atoms with E-state index in [1.54, 1.807) is 49.5 Å². The molecule has 5 N–H and O–H groups in total. The van der Waals surface area contributed by atoms with Gasteiger partial charge in [0.25, 0.3) is 5.91 Å². The Labute approximate surface area is 410 Å². The molecule has 364 valence electrons. The number of ketones is 1. The van der Waals surface area contributed by atoms with Crippen LogP contribution in [-0.2, 0) is 14.8 Å². The number of aromatic amines is 1. The molecule has 0 saturated heterocycles. The number of nitrogens with zero attached hydrogens (tertiary/aromatic N) is 3. The maximum Gasteiger partial charge on any atom is 0.336 e. The number of carbonyl (C=O) groups is 4. The van der Waals surface area contributed by atoms with Gasteiger partial charge in [0.05, 0.1) is 35.2 Å². The van der Waals surface area contributed by atoms with Crippen LogP contribution in [0.3, 0.4) is 0 Å². The summed E-state index contributed by atoms with van der Waals surface area (Å²) in [5.41, 5.74) is 4.46. The third kappa shape index (κ3) is 9.46. The molecular formula is C54H46F2N7O8S+. The van der Waals surface area contributed by atoms with Crippen molar-refractivity contribution in [3.8, 4) is 33.6 Å². The largest absolute Gasteiger partial charge is 0.478 e. The molecule has 1 aliphatic heterocycles. The molecule has 2 amide bonds. The quantitative estimate of drug-likeness (QED) is 0.0398. The Hall–Kier alpha value is -8.77. The van der Waals surface area contributed by atoms with E-state index < -0.39 is 63.0 Å². The number of hydrogen-bond donors (Lipinski definition) is 5. The Balaban J connectivity index is 0.904. The zero-order chi connectivity index (χ0) is 51.2. The van der Waals surface area contributed by atoms with Gasteiger partial charge in [-0.15, -0.1) is 0 Å². The van der Waals surface area contributed by atoms with E-state index in [0.29, 0.717) is 72.2 Å². The highest BCUT2D eigenvalue weighted by atomic mass is 32.2. The normalized spacial score (nSPS) is 11.5. The first kappa shape index (κ1) is 48.3.